The first-order valence-electron chi connectivity index (χ1n) is 5.51. The molecule has 0 saturated heterocycles. The summed E-state index contributed by atoms with van der Waals surface area (Å²) in [6, 6.07) is 8.88. The number of benzene rings is 2. The van der Waals surface area contributed by atoms with Crippen molar-refractivity contribution in [1.82, 2.24) is 0 Å². The zero-order valence-corrected chi connectivity index (χ0v) is 13.2. The van der Waals surface area contributed by atoms with E-state index < -0.39 is 9.84 Å². The second-order valence-corrected chi connectivity index (χ2v) is 7.42. The van der Waals surface area contributed by atoms with Crippen molar-refractivity contribution in [2.45, 2.75) is 10.6 Å². The topological polar surface area (TPSA) is 60.2 Å². The smallest absolute Gasteiger partial charge is 0.182 e. The Bertz CT molecular complexity index is 760. The Hall–Kier alpha value is -0.940. The average molecular weight is 351 g/mol. The van der Waals surface area contributed by atoms with Gasteiger partial charge in [-0.3, -0.25) is 0 Å². The van der Waals surface area contributed by atoms with Gasteiger partial charge in [0, 0.05) is 10.7 Å². The van der Waals surface area contributed by atoms with E-state index in [0.29, 0.717) is 21.3 Å². The molecule has 0 saturated carbocycles. The molecule has 0 radical (unpaired) electrons. The van der Waals surface area contributed by atoms with Crippen LogP contribution in [0.25, 0.3) is 0 Å². The maximum Gasteiger partial charge on any atom is 0.182 e. The van der Waals surface area contributed by atoms with E-state index in [1.54, 1.807) is 12.1 Å². The van der Waals surface area contributed by atoms with Gasteiger partial charge < -0.3 is 5.73 Å². The molecule has 0 atom stereocenters. The van der Waals surface area contributed by atoms with E-state index in [2.05, 4.69) is 0 Å². The quantitative estimate of drug-likeness (QED) is 0.844. The number of hydrogen-bond acceptors (Lipinski definition) is 3. The van der Waals surface area contributed by atoms with E-state index >= 15 is 0 Å². The third kappa shape index (κ3) is 3.38. The van der Waals surface area contributed by atoms with Crippen LogP contribution in [0.4, 0.5) is 5.69 Å². The van der Waals surface area contributed by atoms with Gasteiger partial charge in [0.25, 0.3) is 0 Å². The van der Waals surface area contributed by atoms with E-state index in [9.17, 15) is 8.42 Å². The average Bonchev–Trinajstić information content (AvgIpc) is 2.36. The van der Waals surface area contributed by atoms with Crippen molar-refractivity contribution >= 4 is 50.3 Å². The molecule has 0 bridgehead atoms. The number of nitrogen functional groups attached to an aromatic ring is 1. The minimum Gasteiger partial charge on any atom is -0.398 e. The number of hydrogen-bond donors (Lipinski definition) is 1. The molecule has 20 heavy (non-hydrogen) atoms. The highest BCUT2D eigenvalue weighted by Crippen LogP contribution is 2.28. The third-order valence-electron chi connectivity index (χ3n) is 2.70. The summed E-state index contributed by atoms with van der Waals surface area (Å²) >= 11 is 17.5. The summed E-state index contributed by atoms with van der Waals surface area (Å²) in [5.41, 5.74) is 6.58. The largest absolute Gasteiger partial charge is 0.398 e. The molecule has 2 rings (SSSR count). The second kappa shape index (κ2) is 5.82. The van der Waals surface area contributed by atoms with Gasteiger partial charge in [-0.25, -0.2) is 8.42 Å². The molecular weight excluding hydrogens is 341 g/mol. The lowest BCUT2D eigenvalue weighted by atomic mass is 10.2. The van der Waals surface area contributed by atoms with E-state index in [1.807, 2.05) is 0 Å². The number of sulfone groups is 1. The molecule has 2 aromatic rings. The number of anilines is 1. The van der Waals surface area contributed by atoms with Crippen LogP contribution in [0.1, 0.15) is 5.56 Å². The summed E-state index contributed by atoms with van der Waals surface area (Å²) in [6.07, 6.45) is 0. The molecule has 7 heteroatoms. The van der Waals surface area contributed by atoms with E-state index in [0.717, 1.165) is 0 Å². The van der Waals surface area contributed by atoms with Crippen LogP contribution in [0, 0.1) is 0 Å². The van der Waals surface area contributed by atoms with Crippen LogP contribution in [0.15, 0.2) is 41.3 Å². The Balaban J connectivity index is 2.40. The van der Waals surface area contributed by atoms with Gasteiger partial charge in [0.15, 0.2) is 9.84 Å². The molecule has 0 aliphatic carbocycles. The van der Waals surface area contributed by atoms with Crippen LogP contribution in [0.3, 0.4) is 0 Å². The molecule has 0 unspecified atom stereocenters. The summed E-state index contributed by atoms with van der Waals surface area (Å²) in [5.74, 6) is -0.253. The van der Waals surface area contributed by atoms with Crippen molar-refractivity contribution in [2.75, 3.05) is 5.73 Å². The monoisotopic (exact) mass is 349 g/mol. The lowest BCUT2D eigenvalue weighted by Gasteiger charge is -2.08. The third-order valence-corrected chi connectivity index (χ3v) is 5.34. The normalized spacial score (nSPS) is 11.6. The number of halogens is 3. The van der Waals surface area contributed by atoms with Crippen LogP contribution in [0.5, 0.6) is 0 Å². The summed E-state index contributed by atoms with van der Waals surface area (Å²) < 4.78 is 24.7. The maximum atomic E-state index is 12.3. The van der Waals surface area contributed by atoms with E-state index in [4.69, 9.17) is 40.5 Å². The molecule has 0 aliphatic rings. The first kappa shape index (κ1) is 15.4. The van der Waals surface area contributed by atoms with Gasteiger partial charge in [-0.1, -0.05) is 34.8 Å². The van der Waals surface area contributed by atoms with Crippen LogP contribution in [-0.4, -0.2) is 8.42 Å². The molecule has 2 N–H and O–H groups in total. The van der Waals surface area contributed by atoms with Gasteiger partial charge in [-0.05, 0) is 42.0 Å². The number of rotatable bonds is 3. The van der Waals surface area contributed by atoms with E-state index in [-0.39, 0.29) is 15.7 Å². The van der Waals surface area contributed by atoms with Gasteiger partial charge in [-0.2, -0.15) is 0 Å². The highest BCUT2D eigenvalue weighted by atomic mass is 35.5. The van der Waals surface area contributed by atoms with Crippen molar-refractivity contribution in [2.24, 2.45) is 0 Å². The van der Waals surface area contributed by atoms with Gasteiger partial charge in [0.2, 0.25) is 0 Å². The van der Waals surface area contributed by atoms with Gasteiger partial charge >= 0.3 is 0 Å². The Kier molecular flexibility index (Phi) is 4.49. The van der Waals surface area contributed by atoms with Crippen molar-refractivity contribution < 1.29 is 8.42 Å². The lowest BCUT2D eigenvalue weighted by molar-refractivity contribution is 0.595. The minimum atomic E-state index is -3.57. The van der Waals surface area contributed by atoms with Crippen LogP contribution in [0.2, 0.25) is 15.1 Å². The SMILES string of the molecule is Nc1ccc(Cl)cc1CS(=O)(=O)c1ccc(Cl)c(Cl)c1. The van der Waals surface area contributed by atoms with Crippen molar-refractivity contribution in [3.05, 3.63) is 57.0 Å². The zero-order chi connectivity index (χ0) is 14.9. The number of nitrogens with two attached hydrogens (primary N) is 1. The predicted octanol–water partition coefficient (Wildman–Crippen LogP) is 4.20. The first-order valence-corrected chi connectivity index (χ1v) is 8.30. The lowest BCUT2D eigenvalue weighted by Crippen LogP contribution is -2.07. The second-order valence-electron chi connectivity index (χ2n) is 4.18. The molecule has 0 spiro atoms. The fourth-order valence-corrected chi connectivity index (χ4v) is 3.61. The molecule has 0 aliphatic heterocycles. The summed E-state index contributed by atoms with van der Waals surface area (Å²) in [7, 11) is -3.57. The fourth-order valence-electron chi connectivity index (χ4n) is 1.66. The van der Waals surface area contributed by atoms with Crippen LogP contribution >= 0.6 is 34.8 Å². The Morgan fingerprint density at radius 2 is 1.65 bits per heavy atom. The van der Waals surface area contributed by atoms with Crippen LogP contribution in [-0.2, 0) is 15.6 Å². The first-order chi connectivity index (χ1) is 9.29. The molecule has 2 aromatic carbocycles. The van der Waals surface area contributed by atoms with Gasteiger partial charge in [0.05, 0.1) is 20.7 Å². The minimum absolute atomic E-state index is 0.0891. The summed E-state index contributed by atoms with van der Waals surface area (Å²) in [6.45, 7) is 0. The molecule has 0 fully saturated rings. The van der Waals surface area contributed by atoms with Gasteiger partial charge in [-0.15, -0.1) is 0 Å². The standard InChI is InChI=1S/C13H10Cl3NO2S/c14-9-1-4-13(17)8(5-9)7-20(18,19)10-2-3-11(15)12(16)6-10/h1-6H,7,17H2. The maximum absolute atomic E-state index is 12.3. The molecule has 3 nitrogen and oxygen atoms in total. The summed E-state index contributed by atoms with van der Waals surface area (Å²) in [5, 5.41) is 0.915. The van der Waals surface area contributed by atoms with Crippen LogP contribution < -0.4 is 5.73 Å². The summed E-state index contributed by atoms with van der Waals surface area (Å²) in [4.78, 5) is 0.0891. The molecule has 0 aromatic heterocycles. The fraction of sp³-hybridized carbons (Fsp3) is 0.0769. The zero-order valence-electron chi connectivity index (χ0n) is 10.1. The van der Waals surface area contributed by atoms with E-state index in [1.165, 1.54) is 24.3 Å². The Morgan fingerprint density at radius 3 is 2.30 bits per heavy atom. The van der Waals surface area contributed by atoms with Crippen molar-refractivity contribution in [3.8, 4) is 0 Å². The van der Waals surface area contributed by atoms with Gasteiger partial charge in [0.1, 0.15) is 0 Å². The molecule has 0 amide bonds. The van der Waals surface area contributed by atoms with Crippen molar-refractivity contribution in [1.29, 1.82) is 0 Å². The Labute approximate surface area is 132 Å². The molecule has 0 heterocycles. The molecule has 106 valence electrons. The Morgan fingerprint density at radius 1 is 0.950 bits per heavy atom. The molecular formula is C13H10Cl3NO2S. The van der Waals surface area contributed by atoms with Crippen molar-refractivity contribution in [3.63, 3.8) is 0 Å². The predicted molar refractivity (Wildman–Crippen MR) is 83.2 cm³/mol. The highest BCUT2D eigenvalue weighted by Gasteiger charge is 2.18. The highest BCUT2D eigenvalue weighted by molar-refractivity contribution is 7.90.